The Balaban J connectivity index is 1.79. The number of benzene rings is 2. The minimum atomic E-state index is -0.760. The number of carbonyl (C=O) groups is 4. The molecule has 0 atom stereocenters. The molecule has 0 unspecified atom stereocenters. The number of carbonyl (C=O) groups excluding carboxylic acids is 4. The molecule has 0 bridgehead atoms. The minimum Gasteiger partial charge on any atom is -0.497 e. The Kier molecular flexibility index (Phi) is 8.18. The highest BCUT2D eigenvalue weighted by molar-refractivity contribution is 5.97. The van der Waals surface area contributed by atoms with Gasteiger partial charge in [-0.3, -0.25) is 14.9 Å². The first-order chi connectivity index (χ1) is 14.4. The van der Waals surface area contributed by atoms with Crippen molar-refractivity contribution in [3.63, 3.8) is 0 Å². The summed E-state index contributed by atoms with van der Waals surface area (Å²) in [6.07, 6.45) is 0. The van der Waals surface area contributed by atoms with Crippen LogP contribution in [0, 0.1) is 0 Å². The van der Waals surface area contributed by atoms with Crippen LogP contribution in [0.1, 0.15) is 10.4 Å². The summed E-state index contributed by atoms with van der Waals surface area (Å²) in [5.74, 6) is -0.894. The predicted octanol–water partition coefficient (Wildman–Crippen LogP) is 1.33. The van der Waals surface area contributed by atoms with Crippen molar-refractivity contribution >= 4 is 29.5 Å². The molecule has 3 N–H and O–H groups in total. The van der Waals surface area contributed by atoms with Crippen LogP contribution in [-0.2, 0) is 14.3 Å². The molecule has 0 spiro atoms. The summed E-state index contributed by atoms with van der Waals surface area (Å²) in [6.45, 7) is -0.838. The minimum absolute atomic E-state index is 0.177. The summed E-state index contributed by atoms with van der Waals surface area (Å²) in [5.41, 5.74) is 0.748. The van der Waals surface area contributed by atoms with Gasteiger partial charge in [-0.2, -0.15) is 0 Å². The lowest BCUT2D eigenvalue weighted by Crippen LogP contribution is -2.39. The second kappa shape index (κ2) is 11.1. The molecule has 2 aromatic rings. The van der Waals surface area contributed by atoms with Crippen LogP contribution < -0.4 is 25.4 Å². The fourth-order valence-electron chi connectivity index (χ4n) is 2.17. The largest absolute Gasteiger partial charge is 0.497 e. The molecule has 2 rings (SSSR count). The van der Waals surface area contributed by atoms with Crippen molar-refractivity contribution in [2.45, 2.75) is 0 Å². The molecule has 10 heteroatoms. The fourth-order valence-corrected chi connectivity index (χ4v) is 2.17. The van der Waals surface area contributed by atoms with Gasteiger partial charge >= 0.3 is 12.0 Å². The number of methoxy groups -OCH3 is 1. The lowest BCUT2D eigenvalue weighted by molar-refractivity contribution is -0.123. The molecule has 158 valence electrons. The lowest BCUT2D eigenvalue weighted by atomic mass is 10.2. The summed E-state index contributed by atoms with van der Waals surface area (Å²) in [5, 5.41) is 6.84. The molecule has 2 aromatic carbocycles. The van der Waals surface area contributed by atoms with Gasteiger partial charge in [0.2, 0.25) is 0 Å². The van der Waals surface area contributed by atoms with E-state index >= 15 is 0 Å². The summed E-state index contributed by atoms with van der Waals surface area (Å²) >= 11 is 0. The molecular formula is C20H21N3O7. The van der Waals surface area contributed by atoms with Crippen LogP contribution in [0.3, 0.4) is 0 Å². The normalized spacial score (nSPS) is 9.80. The van der Waals surface area contributed by atoms with Crippen LogP contribution in [0.5, 0.6) is 11.5 Å². The van der Waals surface area contributed by atoms with E-state index in [2.05, 4.69) is 10.6 Å². The number of hydrogen-bond donors (Lipinski definition) is 3. The first-order valence-electron chi connectivity index (χ1n) is 8.76. The number of anilines is 1. The molecule has 0 saturated carbocycles. The Morgan fingerprint density at radius 3 is 2.30 bits per heavy atom. The van der Waals surface area contributed by atoms with E-state index in [4.69, 9.17) is 14.2 Å². The second-order valence-electron chi connectivity index (χ2n) is 5.80. The summed E-state index contributed by atoms with van der Waals surface area (Å²) < 4.78 is 15.3. The second-order valence-corrected chi connectivity index (χ2v) is 5.80. The number of esters is 1. The van der Waals surface area contributed by atoms with Gasteiger partial charge in [-0.15, -0.1) is 0 Å². The average molecular weight is 415 g/mol. The zero-order valence-electron chi connectivity index (χ0n) is 16.4. The molecule has 0 aliphatic heterocycles. The van der Waals surface area contributed by atoms with E-state index in [1.807, 2.05) is 5.32 Å². The van der Waals surface area contributed by atoms with Gasteiger partial charge in [0.15, 0.2) is 13.2 Å². The highest BCUT2D eigenvalue weighted by Crippen LogP contribution is 2.17. The summed E-state index contributed by atoms with van der Waals surface area (Å²) in [7, 11) is 2.88. The molecule has 0 saturated heterocycles. The monoisotopic (exact) mass is 415 g/mol. The molecule has 0 aliphatic carbocycles. The van der Waals surface area contributed by atoms with Gasteiger partial charge < -0.3 is 24.8 Å². The molecule has 0 heterocycles. The van der Waals surface area contributed by atoms with E-state index < -0.39 is 24.5 Å². The van der Waals surface area contributed by atoms with Gasteiger partial charge in [-0.1, -0.05) is 6.07 Å². The smallest absolute Gasteiger partial charge is 0.338 e. The Hall–Kier alpha value is -4.08. The summed E-state index contributed by atoms with van der Waals surface area (Å²) in [4.78, 5) is 46.3. The van der Waals surface area contributed by atoms with Crippen molar-refractivity contribution in [3.8, 4) is 11.5 Å². The molecule has 0 aliphatic rings. The Morgan fingerprint density at radius 2 is 1.63 bits per heavy atom. The van der Waals surface area contributed by atoms with E-state index in [0.29, 0.717) is 17.2 Å². The van der Waals surface area contributed by atoms with E-state index in [1.165, 1.54) is 38.4 Å². The molecule has 10 nitrogen and oxygen atoms in total. The van der Waals surface area contributed by atoms with Crippen molar-refractivity contribution in [2.24, 2.45) is 0 Å². The molecule has 4 amide bonds. The molecular weight excluding hydrogens is 394 g/mol. The van der Waals surface area contributed by atoms with Crippen LogP contribution in [0.2, 0.25) is 0 Å². The number of hydrogen-bond acceptors (Lipinski definition) is 7. The van der Waals surface area contributed by atoms with Crippen LogP contribution in [0.4, 0.5) is 10.5 Å². The van der Waals surface area contributed by atoms with Gasteiger partial charge in [-0.05, 0) is 36.4 Å². The third-order valence-corrected chi connectivity index (χ3v) is 3.63. The number of urea groups is 1. The van der Waals surface area contributed by atoms with Gasteiger partial charge in [0, 0.05) is 18.8 Å². The van der Waals surface area contributed by atoms with Crippen molar-refractivity contribution in [2.75, 3.05) is 32.7 Å². The third-order valence-electron chi connectivity index (χ3n) is 3.63. The first-order valence-corrected chi connectivity index (χ1v) is 8.76. The summed E-state index contributed by atoms with van der Waals surface area (Å²) in [6, 6.07) is 12.0. The zero-order valence-corrected chi connectivity index (χ0v) is 16.4. The maximum atomic E-state index is 12.0. The topological polar surface area (TPSA) is 132 Å². The fraction of sp³-hybridized carbons (Fsp3) is 0.200. The highest BCUT2D eigenvalue weighted by Gasteiger charge is 2.12. The van der Waals surface area contributed by atoms with Crippen molar-refractivity contribution < 1.29 is 33.4 Å². The van der Waals surface area contributed by atoms with Gasteiger partial charge in [0.25, 0.3) is 11.8 Å². The predicted molar refractivity (Wildman–Crippen MR) is 106 cm³/mol. The number of ether oxygens (including phenoxy) is 3. The van der Waals surface area contributed by atoms with Gasteiger partial charge in [0.05, 0.1) is 12.7 Å². The Morgan fingerprint density at radius 1 is 0.900 bits per heavy atom. The quantitative estimate of drug-likeness (QED) is 0.554. The van der Waals surface area contributed by atoms with Crippen LogP contribution >= 0.6 is 0 Å². The standard InChI is InChI=1S/C20H21N3O7/c1-21-20(27)23-18(25)12-30-19(26)13-6-8-15(9-7-13)29-11-17(24)22-14-4-3-5-16(10-14)28-2/h3-10H,11-12H2,1-2H3,(H,22,24)(H2,21,23,25,27). The van der Waals surface area contributed by atoms with Crippen LogP contribution in [0.25, 0.3) is 0 Å². The highest BCUT2D eigenvalue weighted by atomic mass is 16.5. The van der Waals surface area contributed by atoms with Crippen LogP contribution in [-0.4, -0.2) is 51.2 Å². The van der Waals surface area contributed by atoms with Crippen molar-refractivity contribution in [3.05, 3.63) is 54.1 Å². The lowest BCUT2D eigenvalue weighted by Gasteiger charge is -2.09. The molecule has 0 aromatic heterocycles. The van der Waals surface area contributed by atoms with Gasteiger partial charge in [-0.25, -0.2) is 9.59 Å². The van der Waals surface area contributed by atoms with E-state index in [-0.39, 0.29) is 18.1 Å². The number of imide groups is 1. The average Bonchev–Trinajstić information content (AvgIpc) is 2.76. The maximum absolute atomic E-state index is 12.0. The number of nitrogens with one attached hydrogen (secondary N) is 3. The van der Waals surface area contributed by atoms with Crippen molar-refractivity contribution in [1.82, 2.24) is 10.6 Å². The maximum Gasteiger partial charge on any atom is 0.338 e. The first kappa shape index (κ1) is 22.2. The molecule has 0 fully saturated rings. The third kappa shape index (κ3) is 7.15. The van der Waals surface area contributed by atoms with E-state index in [0.717, 1.165) is 0 Å². The van der Waals surface area contributed by atoms with Crippen LogP contribution in [0.15, 0.2) is 48.5 Å². The molecule has 30 heavy (non-hydrogen) atoms. The van der Waals surface area contributed by atoms with E-state index in [1.54, 1.807) is 24.3 Å². The molecule has 0 radical (unpaired) electrons. The van der Waals surface area contributed by atoms with E-state index in [9.17, 15) is 19.2 Å². The van der Waals surface area contributed by atoms with Gasteiger partial charge in [0.1, 0.15) is 11.5 Å². The Labute approximate surface area is 172 Å². The SMILES string of the molecule is CNC(=O)NC(=O)COC(=O)c1ccc(OCC(=O)Nc2cccc(OC)c2)cc1. The van der Waals surface area contributed by atoms with Crippen molar-refractivity contribution in [1.29, 1.82) is 0 Å². The zero-order chi connectivity index (χ0) is 21.9. The Bertz CT molecular complexity index is 913. The number of rotatable bonds is 8. The number of amides is 4.